The van der Waals surface area contributed by atoms with E-state index in [2.05, 4.69) is 89.2 Å². The van der Waals surface area contributed by atoms with Gasteiger partial charge in [0.25, 0.3) is 0 Å². The summed E-state index contributed by atoms with van der Waals surface area (Å²) in [5, 5.41) is 15.4. The van der Waals surface area contributed by atoms with Gasteiger partial charge in [0.1, 0.15) is 0 Å². The van der Waals surface area contributed by atoms with E-state index in [1.165, 1.54) is 27.5 Å². The minimum absolute atomic E-state index is 0.768. The SMILES string of the molecule is Cc1cccc(CNc2nnc(SCc3cccc4ccccc34)s2)c1. The van der Waals surface area contributed by atoms with Gasteiger partial charge >= 0.3 is 0 Å². The molecule has 5 heteroatoms. The fraction of sp³-hybridized carbons (Fsp3) is 0.143. The molecule has 0 radical (unpaired) electrons. The molecule has 1 N–H and O–H groups in total. The maximum atomic E-state index is 4.31. The van der Waals surface area contributed by atoms with E-state index in [-0.39, 0.29) is 0 Å². The fourth-order valence-electron chi connectivity index (χ4n) is 2.90. The summed E-state index contributed by atoms with van der Waals surface area (Å²) in [6.45, 7) is 2.88. The quantitative estimate of drug-likeness (QED) is 0.424. The number of fused-ring (bicyclic) bond motifs is 1. The van der Waals surface area contributed by atoms with Crippen molar-refractivity contribution in [3.63, 3.8) is 0 Å². The molecule has 0 saturated carbocycles. The predicted octanol–water partition coefficient (Wildman–Crippen LogP) is 5.90. The zero-order valence-corrected chi connectivity index (χ0v) is 16.1. The number of hydrogen-bond donors (Lipinski definition) is 1. The molecule has 1 aromatic heterocycles. The van der Waals surface area contributed by atoms with Gasteiger partial charge in [-0.05, 0) is 28.8 Å². The lowest BCUT2D eigenvalue weighted by Gasteiger charge is -2.04. The van der Waals surface area contributed by atoms with Gasteiger partial charge in [0.05, 0.1) is 0 Å². The van der Waals surface area contributed by atoms with Gasteiger partial charge in [0, 0.05) is 12.3 Å². The Bertz CT molecular complexity index is 1020. The minimum atomic E-state index is 0.768. The third-order valence-corrected chi connectivity index (χ3v) is 6.23. The van der Waals surface area contributed by atoms with Crippen LogP contribution >= 0.6 is 23.1 Å². The molecular weight excluding hydrogens is 358 g/mol. The first kappa shape index (κ1) is 17.1. The Labute approximate surface area is 161 Å². The molecule has 4 aromatic rings. The highest BCUT2D eigenvalue weighted by Crippen LogP contribution is 2.30. The molecule has 0 aliphatic heterocycles. The number of anilines is 1. The van der Waals surface area contributed by atoms with Crippen LogP contribution in [0.5, 0.6) is 0 Å². The molecule has 0 aliphatic rings. The average molecular weight is 378 g/mol. The van der Waals surface area contributed by atoms with E-state index < -0.39 is 0 Å². The van der Waals surface area contributed by atoms with Gasteiger partial charge in [-0.15, -0.1) is 10.2 Å². The summed E-state index contributed by atoms with van der Waals surface area (Å²) >= 11 is 3.35. The predicted molar refractivity (Wildman–Crippen MR) is 112 cm³/mol. The first-order valence-corrected chi connectivity index (χ1v) is 10.3. The summed E-state index contributed by atoms with van der Waals surface area (Å²) < 4.78 is 0.990. The molecule has 3 nitrogen and oxygen atoms in total. The van der Waals surface area contributed by atoms with Crippen LogP contribution in [-0.4, -0.2) is 10.2 Å². The Hall–Kier alpha value is -2.37. The van der Waals surface area contributed by atoms with E-state index in [1.807, 2.05) is 0 Å². The minimum Gasteiger partial charge on any atom is -0.356 e. The molecule has 0 atom stereocenters. The Balaban J connectivity index is 1.39. The van der Waals surface area contributed by atoms with Crippen LogP contribution in [0, 0.1) is 6.92 Å². The molecule has 0 aliphatic carbocycles. The van der Waals surface area contributed by atoms with E-state index in [9.17, 15) is 0 Å². The molecule has 0 saturated heterocycles. The number of aryl methyl sites for hydroxylation is 1. The molecule has 26 heavy (non-hydrogen) atoms. The maximum Gasteiger partial charge on any atom is 0.206 e. The average Bonchev–Trinajstić information content (AvgIpc) is 3.13. The fourth-order valence-corrected chi connectivity index (χ4v) is 4.65. The van der Waals surface area contributed by atoms with E-state index >= 15 is 0 Å². The van der Waals surface area contributed by atoms with Crippen LogP contribution in [0.2, 0.25) is 0 Å². The van der Waals surface area contributed by atoms with Crippen molar-refractivity contribution in [3.05, 3.63) is 83.4 Å². The highest BCUT2D eigenvalue weighted by atomic mass is 32.2. The maximum absolute atomic E-state index is 4.31. The number of hydrogen-bond acceptors (Lipinski definition) is 5. The number of aromatic nitrogens is 2. The highest BCUT2D eigenvalue weighted by molar-refractivity contribution is 8.00. The summed E-state index contributed by atoms with van der Waals surface area (Å²) in [5.41, 5.74) is 3.86. The van der Waals surface area contributed by atoms with E-state index in [1.54, 1.807) is 23.1 Å². The number of nitrogens with one attached hydrogen (secondary N) is 1. The van der Waals surface area contributed by atoms with Crippen LogP contribution in [-0.2, 0) is 12.3 Å². The topological polar surface area (TPSA) is 37.8 Å². The monoisotopic (exact) mass is 377 g/mol. The third-order valence-electron chi connectivity index (χ3n) is 4.16. The zero-order valence-electron chi connectivity index (χ0n) is 14.5. The Morgan fingerprint density at radius 1 is 0.962 bits per heavy atom. The van der Waals surface area contributed by atoms with E-state index in [4.69, 9.17) is 0 Å². The lowest BCUT2D eigenvalue weighted by atomic mass is 10.1. The third kappa shape index (κ3) is 4.06. The van der Waals surface area contributed by atoms with Gasteiger partial charge < -0.3 is 5.32 Å². The van der Waals surface area contributed by atoms with Crippen molar-refractivity contribution in [1.29, 1.82) is 0 Å². The molecule has 0 amide bonds. The molecule has 4 rings (SSSR count). The molecule has 0 fully saturated rings. The van der Waals surface area contributed by atoms with Crippen LogP contribution in [0.4, 0.5) is 5.13 Å². The van der Waals surface area contributed by atoms with E-state index in [0.717, 1.165) is 21.8 Å². The normalized spacial score (nSPS) is 11.0. The standard InChI is InChI=1S/C21H19N3S2/c1-15-6-4-7-16(12-15)13-22-20-23-24-21(26-20)25-14-18-10-5-9-17-8-2-3-11-19(17)18/h2-12H,13-14H2,1H3,(H,22,23). The van der Waals surface area contributed by atoms with Crippen LogP contribution in [0.25, 0.3) is 10.8 Å². The van der Waals surface area contributed by atoms with Crippen molar-refractivity contribution in [2.75, 3.05) is 5.32 Å². The first-order valence-electron chi connectivity index (χ1n) is 8.50. The van der Waals surface area contributed by atoms with Gasteiger partial charge in [-0.25, -0.2) is 0 Å². The summed E-state index contributed by atoms with van der Waals surface area (Å²) in [6, 6.07) is 23.5. The van der Waals surface area contributed by atoms with Gasteiger partial charge in [0.2, 0.25) is 5.13 Å². The summed E-state index contributed by atoms with van der Waals surface area (Å²) in [7, 11) is 0. The second kappa shape index (κ2) is 7.89. The molecule has 3 aromatic carbocycles. The van der Waals surface area contributed by atoms with Gasteiger partial charge in [-0.1, -0.05) is 95.4 Å². The smallest absolute Gasteiger partial charge is 0.206 e. The number of benzene rings is 3. The number of rotatable bonds is 6. The van der Waals surface area contributed by atoms with Crippen LogP contribution < -0.4 is 5.32 Å². The lowest BCUT2D eigenvalue weighted by Crippen LogP contribution is -1.98. The largest absolute Gasteiger partial charge is 0.356 e. The van der Waals surface area contributed by atoms with Crippen LogP contribution in [0.1, 0.15) is 16.7 Å². The number of nitrogens with zero attached hydrogens (tertiary/aromatic N) is 2. The summed E-state index contributed by atoms with van der Waals surface area (Å²) in [4.78, 5) is 0. The van der Waals surface area contributed by atoms with Crippen LogP contribution in [0.3, 0.4) is 0 Å². The molecule has 0 unspecified atom stereocenters. The number of thioether (sulfide) groups is 1. The van der Waals surface area contributed by atoms with Gasteiger partial charge in [-0.2, -0.15) is 0 Å². The summed E-state index contributed by atoms with van der Waals surface area (Å²) in [5.74, 6) is 0.897. The summed E-state index contributed by atoms with van der Waals surface area (Å²) in [6.07, 6.45) is 0. The van der Waals surface area contributed by atoms with Crippen molar-refractivity contribution in [1.82, 2.24) is 10.2 Å². The molecule has 0 spiro atoms. The highest BCUT2D eigenvalue weighted by Gasteiger charge is 2.07. The van der Waals surface area contributed by atoms with Crippen LogP contribution in [0.15, 0.2) is 71.1 Å². The Morgan fingerprint density at radius 3 is 2.73 bits per heavy atom. The first-order chi connectivity index (χ1) is 12.8. The van der Waals surface area contributed by atoms with Crippen molar-refractivity contribution >= 4 is 39.0 Å². The van der Waals surface area contributed by atoms with Crippen molar-refractivity contribution in [3.8, 4) is 0 Å². The van der Waals surface area contributed by atoms with Crippen molar-refractivity contribution < 1.29 is 0 Å². The Kier molecular flexibility index (Phi) is 5.18. The second-order valence-corrected chi connectivity index (χ2v) is 8.34. The molecule has 130 valence electrons. The van der Waals surface area contributed by atoms with Gasteiger partial charge in [0.15, 0.2) is 4.34 Å². The Morgan fingerprint density at radius 2 is 1.81 bits per heavy atom. The second-order valence-electron chi connectivity index (χ2n) is 6.14. The lowest BCUT2D eigenvalue weighted by molar-refractivity contribution is 0.995. The zero-order chi connectivity index (χ0) is 17.8. The van der Waals surface area contributed by atoms with E-state index in [0.29, 0.717) is 0 Å². The van der Waals surface area contributed by atoms with Gasteiger partial charge in [-0.3, -0.25) is 0 Å². The molecule has 1 heterocycles. The van der Waals surface area contributed by atoms with Crippen molar-refractivity contribution in [2.24, 2.45) is 0 Å². The van der Waals surface area contributed by atoms with Crippen molar-refractivity contribution in [2.45, 2.75) is 23.6 Å². The molecule has 0 bridgehead atoms. The molecular formula is C21H19N3S2.